The lowest BCUT2D eigenvalue weighted by molar-refractivity contribution is -0.128. The number of rotatable bonds is 4. The minimum absolute atomic E-state index is 0.00296. The Balaban J connectivity index is 1.78. The fourth-order valence-electron chi connectivity index (χ4n) is 2.72. The third-order valence-electron chi connectivity index (χ3n) is 4.16. The van der Waals surface area contributed by atoms with Gasteiger partial charge in [-0.2, -0.15) is 5.26 Å². The highest BCUT2D eigenvalue weighted by molar-refractivity contribution is 5.81. The van der Waals surface area contributed by atoms with E-state index in [1.165, 1.54) is 0 Å². The summed E-state index contributed by atoms with van der Waals surface area (Å²) in [7, 11) is 0. The summed E-state index contributed by atoms with van der Waals surface area (Å²) in [5.74, 6) is 0.339. The van der Waals surface area contributed by atoms with Gasteiger partial charge in [0.25, 0.3) is 5.91 Å². The number of nitrogens with one attached hydrogen (secondary N) is 1. The number of likely N-dealkylation sites (tertiary alicyclic amines) is 1. The fraction of sp³-hybridized carbons (Fsp3) is 0.550. The van der Waals surface area contributed by atoms with Crippen LogP contribution < -0.4 is 10.1 Å². The smallest absolute Gasteiger partial charge is 0.410 e. The molecule has 1 aromatic carbocycles. The highest BCUT2D eigenvalue weighted by Gasteiger charge is 2.28. The molecular formula is C20H27N3O4. The molecule has 1 saturated heterocycles. The molecule has 1 N–H and O–H groups in total. The summed E-state index contributed by atoms with van der Waals surface area (Å²) in [6.45, 7) is 8.30. The van der Waals surface area contributed by atoms with Crippen LogP contribution >= 0.6 is 0 Å². The average molecular weight is 373 g/mol. The molecule has 0 aromatic heterocycles. The maximum absolute atomic E-state index is 12.3. The highest BCUT2D eigenvalue weighted by Crippen LogP contribution is 2.17. The van der Waals surface area contributed by atoms with Crippen molar-refractivity contribution in [1.82, 2.24) is 10.2 Å². The summed E-state index contributed by atoms with van der Waals surface area (Å²) in [6, 6.07) is 8.67. The van der Waals surface area contributed by atoms with Crippen LogP contribution in [0.1, 0.15) is 46.1 Å². The molecule has 0 bridgehead atoms. The fourth-order valence-corrected chi connectivity index (χ4v) is 2.72. The lowest BCUT2D eigenvalue weighted by Gasteiger charge is -2.34. The number of nitrogens with zero attached hydrogens (tertiary/aromatic N) is 2. The van der Waals surface area contributed by atoms with Gasteiger partial charge in [0.05, 0.1) is 11.6 Å². The van der Waals surface area contributed by atoms with Crippen molar-refractivity contribution in [3.05, 3.63) is 29.8 Å². The molecule has 1 aliphatic heterocycles. The first kappa shape index (κ1) is 20.6. The molecule has 7 heteroatoms. The molecule has 1 aromatic rings. The maximum atomic E-state index is 12.3. The normalized spacial score (nSPS) is 16.2. The van der Waals surface area contributed by atoms with Gasteiger partial charge in [-0.3, -0.25) is 4.79 Å². The van der Waals surface area contributed by atoms with Crippen LogP contribution in [0.2, 0.25) is 0 Å². The van der Waals surface area contributed by atoms with Crippen molar-refractivity contribution in [2.45, 2.75) is 58.3 Å². The molecule has 1 fully saturated rings. The van der Waals surface area contributed by atoms with Gasteiger partial charge in [0, 0.05) is 19.1 Å². The average Bonchev–Trinajstić information content (AvgIpc) is 2.61. The summed E-state index contributed by atoms with van der Waals surface area (Å²) >= 11 is 0. The van der Waals surface area contributed by atoms with E-state index in [1.54, 1.807) is 36.1 Å². The van der Waals surface area contributed by atoms with Crippen molar-refractivity contribution in [2.24, 2.45) is 0 Å². The second-order valence-corrected chi connectivity index (χ2v) is 7.65. The van der Waals surface area contributed by atoms with Gasteiger partial charge >= 0.3 is 6.09 Å². The number of amides is 2. The van der Waals surface area contributed by atoms with Gasteiger partial charge in [0.15, 0.2) is 6.10 Å². The third-order valence-corrected chi connectivity index (χ3v) is 4.16. The monoisotopic (exact) mass is 373 g/mol. The zero-order valence-electron chi connectivity index (χ0n) is 16.3. The molecule has 146 valence electrons. The van der Waals surface area contributed by atoms with Crippen LogP contribution in [0, 0.1) is 11.3 Å². The van der Waals surface area contributed by atoms with E-state index in [2.05, 4.69) is 5.32 Å². The largest absolute Gasteiger partial charge is 0.481 e. The van der Waals surface area contributed by atoms with E-state index in [1.807, 2.05) is 26.8 Å². The summed E-state index contributed by atoms with van der Waals surface area (Å²) in [5.41, 5.74) is 0.0246. The summed E-state index contributed by atoms with van der Waals surface area (Å²) in [6.07, 6.45) is 0.384. The van der Waals surface area contributed by atoms with Gasteiger partial charge in [-0.1, -0.05) is 0 Å². The van der Waals surface area contributed by atoms with Gasteiger partial charge in [-0.25, -0.2) is 4.79 Å². The van der Waals surface area contributed by atoms with Crippen molar-refractivity contribution in [2.75, 3.05) is 13.1 Å². The molecule has 27 heavy (non-hydrogen) atoms. The maximum Gasteiger partial charge on any atom is 0.410 e. The zero-order chi connectivity index (χ0) is 20.0. The van der Waals surface area contributed by atoms with E-state index < -0.39 is 11.7 Å². The van der Waals surface area contributed by atoms with Crippen LogP contribution in [-0.4, -0.2) is 47.7 Å². The van der Waals surface area contributed by atoms with E-state index in [0.29, 0.717) is 37.2 Å². The predicted octanol–water partition coefficient (Wildman–Crippen LogP) is 2.84. The Morgan fingerprint density at radius 2 is 1.81 bits per heavy atom. The Hall–Kier alpha value is -2.75. The van der Waals surface area contributed by atoms with Gasteiger partial charge in [0.2, 0.25) is 0 Å². The van der Waals surface area contributed by atoms with Crippen LogP contribution in [0.25, 0.3) is 0 Å². The molecular weight excluding hydrogens is 346 g/mol. The van der Waals surface area contributed by atoms with Gasteiger partial charge in [0.1, 0.15) is 11.4 Å². The Morgan fingerprint density at radius 1 is 1.22 bits per heavy atom. The van der Waals surface area contributed by atoms with E-state index in [9.17, 15) is 9.59 Å². The molecule has 1 unspecified atom stereocenters. The van der Waals surface area contributed by atoms with Crippen molar-refractivity contribution in [3.8, 4) is 11.8 Å². The van der Waals surface area contributed by atoms with E-state index in [-0.39, 0.29) is 18.0 Å². The predicted molar refractivity (Wildman–Crippen MR) is 100 cm³/mol. The molecule has 0 radical (unpaired) electrons. The lowest BCUT2D eigenvalue weighted by atomic mass is 10.1. The van der Waals surface area contributed by atoms with Crippen LogP contribution in [0.3, 0.4) is 0 Å². The topological polar surface area (TPSA) is 91.7 Å². The summed E-state index contributed by atoms with van der Waals surface area (Å²) in [4.78, 5) is 26.1. The highest BCUT2D eigenvalue weighted by atomic mass is 16.6. The number of benzene rings is 1. The lowest BCUT2D eigenvalue weighted by Crippen LogP contribution is -2.50. The molecule has 0 aliphatic carbocycles. The molecule has 1 atom stereocenters. The van der Waals surface area contributed by atoms with Crippen molar-refractivity contribution in [1.29, 1.82) is 5.26 Å². The molecule has 1 aliphatic rings. The van der Waals surface area contributed by atoms with Gasteiger partial charge < -0.3 is 19.7 Å². The summed E-state index contributed by atoms with van der Waals surface area (Å²) < 4.78 is 11.0. The van der Waals surface area contributed by atoms with Crippen molar-refractivity contribution in [3.63, 3.8) is 0 Å². The molecule has 7 nitrogen and oxygen atoms in total. The van der Waals surface area contributed by atoms with Gasteiger partial charge in [-0.05, 0) is 64.8 Å². The van der Waals surface area contributed by atoms with Crippen LogP contribution in [0.5, 0.6) is 5.75 Å². The quantitative estimate of drug-likeness (QED) is 0.876. The standard InChI is InChI=1S/C20H27N3O4/c1-14(26-17-7-5-15(13-21)6-8-17)18(24)22-16-9-11-23(12-10-16)19(25)27-20(2,3)4/h5-8,14,16H,9-12H2,1-4H3,(H,22,24). The van der Waals surface area contributed by atoms with Crippen LogP contribution in [0.4, 0.5) is 4.79 Å². The second kappa shape index (κ2) is 8.76. The first-order valence-electron chi connectivity index (χ1n) is 9.13. The Bertz CT molecular complexity index is 695. The molecule has 0 saturated carbocycles. The van der Waals surface area contributed by atoms with Crippen LogP contribution in [-0.2, 0) is 9.53 Å². The summed E-state index contributed by atoms with van der Waals surface area (Å²) in [5, 5.41) is 11.8. The van der Waals surface area contributed by atoms with Crippen molar-refractivity contribution >= 4 is 12.0 Å². The number of nitriles is 1. The number of carbonyl (C=O) groups excluding carboxylic acids is 2. The molecule has 2 amide bonds. The van der Waals surface area contributed by atoms with Crippen molar-refractivity contribution < 1.29 is 19.1 Å². The Labute approximate surface area is 160 Å². The number of piperidine rings is 1. The Morgan fingerprint density at radius 3 is 2.33 bits per heavy atom. The number of ether oxygens (including phenoxy) is 2. The number of hydrogen-bond acceptors (Lipinski definition) is 5. The number of hydrogen-bond donors (Lipinski definition) is 1. The Kier molecular flexibility index (Phi) is 6.67. The first-order chi connectivity index (χ1) is 12.7. The molecule has 1 heterocycles. The first-order valence-corrected chi connectivity index (χ1v) is 9.13. The molecule has 0 spiro atoms. The van der Waals surface area contributed by atoms with E-state index in [4.69, 9.17) is 14.7 Å². The second-order valence-electron chi connectivity index (χ2n) is 7.65. The van der Waals surface area contributed by atoms with Gasteiger partial charge in [-0.15, -0.1) is 0 Å². The SMILES string of the molecule is CC(Oc1ccc(C#N)cc1)C(=O)NC1CCN(C(=O)OC(C)(C)C)CC1. The molecule has 2 rings (SSSR count). The number of carbonyl (C=O) groups is 2. The van der Waals surface area contributed by atoms with Crippen LogP contribution in [0.15, 0.2) is 24.3 Å². The van der Waals surface area contributed by atoms with E-state index >= 15 is 0 Å². The van der Waals surface area contributed by atoms with E-state index in [0.717, 1.165) is 0 Å². The minimum atomic E-state index is -0.651. The third kappa shape index (κ3) is 6.48. The minimum Gasteiger partial charge on any atom is -0.481 e. The zero-order valence-corrected chi connectivity index (χ0v) is 16.3.